The van der Waals surface area contributed by atoms with Crippen LogP contribution in [-0.2, 0) is 0 Å². The number of carbonyl (C=O) groups excluding carboxylic acids is 1. The molecule has 0 aromatic carbocycles. The quantitative estimate of drug-likeness (QED) is 0.677. The van der Waals surface area contributed by atoms with Gasteiger partial charge in [0.05, 0.1) is 5.71 Å². The normalized spacial score (nSPS) is 20.4. The van der Waals surface area contributed by atoms with Crippen molar-refractivity contribution in [1.29, 1.82) is 0 Å². The standard InChI is InChI=1S/C16H19N3O/c1-11(2)13-8-7-12(3)15(10-13)18-19-16(20)14-6-4-5-9-17-14/h4-7,9,13H,1,8,10H2,2-3H3,(H,19,20). The average Bonchev–Trinajstić information content (AvgIpc) is 2.46. The zero-order valence-electron chi connectivity index (χ0n) is 11.9. The van der Waals surface area contributed by atoms with Crippen molar-refractivity contribution in [3.05, 3.63) is 53.9 Å². The lowest BCUT2D eigenvalue weighted by molar-refractivity contribution is 0.0950. The Balaban J connectivity index is 2.07. The summed E-state index contributed by atoms with van der Waals surface area (Å²) in [5, 5.41) is 4.24. The smallest absolute Gasteiger partial charge is 0.266 e. The highest BCUT2D eigenvalue weighted by Crippen LogP contribution is 2.26. The van der Waals surface area contributed by atoms with E-state index in [-0.39, 0.29) is 5.91 Å². The third-order valence-corrected chi connectivity index (χ3v) is 3.49. The Morgan fingerprint density at radius 3 is 2.95 bits per heavy atom. The lowest BCUT2D eigenvalue weighted by Crippen LogP contribution is -2.23. The van der Waals surface area contributed by atoms with Gasteiger partial charge >= 0.3 is 0 Å². The third kappa shape index (κ3) is 3.41. The fourth-order valence-electron chi connectivity index (χ4n) is 2.10. The van der Waals surface area contributed by atoms with Gasteiger partial charge in [-0.2, -0.15) is 5.10 Å². The van der Waals surface area contributed by atoms with Gasteiger partial charge < -0.3 is 0 Å². The van der Waals surface area contributed by atoms with Gasteiger partial charge in [0.15, 0.2) is 0 Å². The lowest BCUT2D eigenvalue weighted by Gasteiger charge is -2.22. The molecule has 4 nitrogen and oxygen atoms in total. The minimum atomic E-state index is -0.289. The second-order valence-corrected chi connectivity index (χ2v) is 5.08. The molecule has 4 heteroatoms. The molecule has 20 heavy (non-hydrogen) atoms. The van der Waals surface area contributed by atoms with Crippen LogP contribution in [0.2, 0.25) is 0 Å². The molecule has 1 aliphatic carbocycles. The van der Waals surface area contributed by atoms with E-state index in [1.807, 2.05) is 13.8 Å². The third-order valence-electron chi connectivity index (χ3n) is 3.49. The predicted octanol–water partition coefficient (Wildman–Crippen LogP) is 3.10. The molecule has 1 aliphatic rings. The molecule has 0 spiro atoms. The number of rotatable bonds is 3. The van der Waals surface area contributed by atoms with Crippen LogP contribution in [-0.4, -0.2) is 16.6 Å². The molecule has 0 saturated heterocycles. The van der Waals surface area contributed by atoms with Crippen molar-refractivity contribution in [2.45, 2.75) is 26.7 Å². The Kier molecular flexibility index (Phi) is 4.45. The number of amides is 1. The van der Waals surface area contributed by atoms with Gasteiger partial charge in [0.2, 0.25) is 0 Å². The predicted molar refractivity (Wildman–Crippen MR) is 80.4 cm³/mol. The van der Waals surface area contributed by atoms with Gasteiger partial charge in [0.1, 0.15) is 5.69 Å². The summed E-state index contributed by atoms with van der Waals surface area (Å²) in [4.78, 5) is 15.9. The summed E-state index contributed by atoms with van der Waals surface area (Å²) in [6.07, 6.45) is 5.55. The Bertz CT molecular complexity index is 573. The Morgan fingerprint density at radius 2 is 2.30 bits per heavy atom. The van der Waals surface area contributed by atoms with Crippen molar-refractivity contribution >= 4 is 11.6 Å². The number of nitrogens with one attached hydrogen (secondary N) is 1. The number of carbonyl (C=O) groups is 1. The highest BCUT2D eigenvalue weighted by atomic mass is 16.2. The summed E-state index contributed by atoms with van der Waals surface area (Å²) in [6.45, 7) is 8.04. The molecular formula is C16H19N3O. The Hall–Kier alpha value is -2.23. The minimum absolute atomic E-state index is 0.289. The molecule has 1 heterocycles. The first-order chi connectivity index (χ1) is 9.58. The van der Waals surface area contributed by atoms with E-state index in [2.05, 4.69) is 28.2 Å². The maximum atomic E-state index is 11.9. The molecule has 1 atom stereocenters. The van der Waals surface area contributed by atoms with E-state index in [0.717, 1.165) is 29.7 Å². The van der Waals surface area contributed by atoms with E-state index >= 15 is 0 Å². The molecule has 1 unspecified atom stereocenters. The first-order valence-electron chi connectivity index (χ1n) is 6.68. The monoisotopic (exact) mass is 269 g/mol. The van der Waals surface area contributed by atoms with E-state index in [4.69, 9.17) is 0 Å². The summed E-state index contributed by atoms with van der Waals surface area (Å²) in [5.41, 5.74) is 6.12. The molecule has 0 aliphatic heterocycles. The fourth-order valence-corrected chi connectivity index (χ4v) is 2.10. The number of pyridine rings is 1. The number of allylic oxidation sites excluding steroid dienone is 3. The number of hydrogen-bond acceptors (Lipinski definition) is 3. The molecule has 0 radical (unpaired) electrons. The summed E-state index contributed by atoms with van der Waals surface area (Å²) >= 11 is 0. The van der Waals surface area contributed by atoms with E-state index < -0.39 is 0 Å². The van der Waals surface area contributed by atoms with Crippen LogP contribution < -0.4 is 5.43 Å². The summed E-state index contributed by atoms with van der Waals surface area (Å²) < 4.78 is 0. The molecule has 1 amide bonds. The lowest BCUT2D eigenvalue weighted by atomic mass is 9.85. The highest BCUT2D eigenvalue weighted by molar-refractivity contribution is 6.02. The summed E-state index contributed by atoms with van der Waals surface area (Å²) in [5.74, 6) is 0.118. The topological polar surface area (TPSA) is 54.4 Å². The van der Waals surface area contributed by atoms with Crippen LogP contribution in [0.4, 0.5) is 0 Å². The van der Waals surface area contributed by atoms with Crippen LogP contribution in [0, 0.1) is 5.92 Å². The van der Waals surface area contributed by atoms with E-state index in [1.54, 1.807) is 24.4 Å². The van der Waals surface area contributed by atoms with Crippen molar-refractivity contribution in [1.82, 2.24) is 10.4 Å². The van der Waals surface area contributed by atoms with Crippen LogP contribution in [0.3, 0.4) is 0 Å². The molecule has 1 aromatic heterocycles. The number of aromatic nitrogens is 1. The van der Waals surface area contributed by atoms with E-state index in [9.17, 15) is 4.79 Å². The number of hydrazone groups is 1. The molecule has 0 bridgehead atoms. The maximum absolute atomic E-state index is 11.9. The zero-order chi connectivity index (χ0) is 14.5. The number of hydrogen-bond donors (Lipinski definition) is 1. The van der Waals surface area contributed by atoms with Crippen LogP contribution in [0.1, 0.15) is 37.2 Å². The van der Waals surface area contributed by atoms with Crippen molar-refractivity contribution in [2.75, 3.05) is 0 Å². The van der Waals surface area contributed by atoms with Crippen molar-refractivity contribution in [3.63, 3.8) is 0 Å². The van der Waals surface area contributed by atoms with Crippen molar-refractivity contribution in [3.8, 4) is 0 Å². The molecule has 104 valence electrons. The summed E-state index contributed by atoms with van der Waals surface area (Å²) in [6, 6.07) is 5.21. The molecule has 1 aromatic rings. The van der Waals surface area contributed by atoms with Gasteiger partial charge in [-0.3, -0.25) is 9.78 Å². The zero-order valence-corrected chi connectivity index (χ0v) is 11.9. The second-order valence-electron chi connectivity index (χ2n) is 5.08. The summed E-state index contributed by atoms with van der Waals surface area (Å²) in [7, 11) is 0. The van der Waals surface area contributed by atoms with Crippen LogP contribution in [0.5, 0.6) is 0 Å². The van der Waals surface area contributed by atoms with Crippen LogP contribution in [0.25, 0.3) is 0 Å². The second kappa shape index (κ2) is 6.28. The van der Waals surface area contributed by atoms with Gasteiger partial charge in [-0.05, 0) is 50.3 Å². The van der Waals surface area contributed by atoms with E-state index in [0.29, 0.717) is 11.6 Å². The van der Waals surface area contributed by atoms with E-state index in [1.165, 1.54) is 0 Å². The molecule has 1 N–H and O–H groups in total. The van der Waals surface area contributed by atoms with Crippen LogP contribution in [0.15, 0.2) is 53.3 Å². The Labute approximate surface area is 119 Å². The first-order valence-corrected chi connectivity index (χ1v) is 6.68. The maximum Gasteiger partial charge on any atom is 0.289 e. The average molecular weight is 269 g/mol. The van der Waals surface area contributed by atoms with Crippen molar-refractivity contribution in [2.24, 2.45) is 11.0 Å². The Morgan fingerprint density at radius 1 is 1.50 bits per heavy atom. The SMILES string of the molecule is C=C(C)C1CC=C(C)C(=NNC(=O)c2ccccn2)C1. The van der Waals surface area contributed by atoms with Gasteiger partial charge in [-0.1, -0.05) is 24.3 Å². The fraction of sp³-hybridized carbons (Fsp3) is 0.312. The highest BCUT2D eigenvalue weighted by Gasteiger charge is 2.18. The molecule has 0 fully saturated rings. The van der Waals surface area contributed by atoms with Crippen LogP contribution >= 0.6 is 0 Å². The number of nitrogens with zero attached hydrogens (tertiary/aromatic N) is 2. The first kappa shape index (κ1) is 14.2. The van der Waals surface area contributed by atoms with Gasteiger partial charge in [0, 0.05) is 6.20 Å². The van der Waals surface area contributed by atoms with Gasteiger partial charge in [-0.15, -0.1) is 0 Å². The van der Waals surface area contributed by atoms with Gasteiger partial charge in [0.25, 0.3) is 5.91 Å². The molecule has 2 rings (SSSR count). The molecular weight excluding hydrogens is 250 g/mol. The van der Waals surface area contributed by atoms with Gasteiger partial charge in [-0.25, -0.2) is 5.43 Å². The minimum Gasteiger partial charge on any atom is -0.266 e. The molecule has 0 saturated carbocycles. The van der Waals surface area contributed by atoms with Crippen molar-refractivity contribution < 1.29 is 4.79 Å². The largest absolute Gasteiger partial charge is 0.289 e.